The first-order valence-corrected chi connectivity index (χ1v) is 29.9. The fourth-order valence-corrected chi connectivity index (χ4v) is 15.4. The maximum atomic E-state index is 4.13. The standard InChI is InChI=1S/C84H56N2/c1-6-28-55(29-7-1)78-62-38-16-18-40-64(62)79(65-41-19-17-39-63(65)78)80-66-44-24-42-60(68-46-26-50-74-81(68)85-76-52-22-20-48-72(76)83(74,56-30-8-2-9-31-56)57-32-10-3-11-33-57)70(66)54-71-61(43-25-45-67(71)80)69-47-27-51-75-82(69)86-77-53-23-21-49-73(77)84(75,58-34-12-4-13-35-58)59-36-14-5-15-37-59/h1-54,85-86H. The lowest BCUT2D eigenvalue weighted by molar-refractivity contribution is 0.741. The second-order valence-electron chi connectivity index (χ2n) is 23.0. The summed E-state index contributed by atoms with van der Waals surface area (Å²) < 4.78 is 0. The van der Waals surface area contributed by atoms with E-state index in [-0.39, 0.29) is 0 Å². The molecule has 2 nitrogen and oxygen atoms in total. The van der Waals surface area contributed by atoms with E-state index in [9.17, 15) is 0 Å². The molecule has 0 saturated carbocycles. The van der Waals surface area contributed by atoms with Gasteiger partial charge in [-0.05, 0) is 139 Å². The lowest BCUT2D eigenvalue weighted by atomic mass is 9.62. The van der Waals surface area contributed by atoms with Crippen molar-refractivity contribution in [1.29, 1.82) is 0 Å². The molecule has 86 heavy (non-hydrogen) atoms. The van der Waals surface area contributed by atoms with Crippen LogP contribution in [0, 0.1) is 0 Å². The molecule has 2 aliphatic heterocycles. The second-order valence-corrected chi connectivity index (χ2v) is 23.0. The summed E-state index contributed by atoms with van der Waals surface area (Å²) in [6.07, 6.45) is 0. The van der Waals surface area contributed by atoms with Gasteiger partial charge >= 0.3 is 0 Å². The molecule has 0 atom stereocenters. The van der Waals surface area contributed by atoms with Crippen LogP contribution in [-0.4, -0.2) is 0 Å². The number of fused-ring (bicyclic) bond motifs is 8. The van der Waals surface area contributed by atoms with Crippen molar-refractivity contribution in [3.63, 3.8) is 0 Å². The highest BCUT2D eigenvalue weighted by atomic mass is 14.9. The Kier molecular flexibility index (Phi) is 11.4. The first kappa shape index (κ1) is 49.5. The van der Waals surface area contributed by atoms with E-state index >= 15 is 0 Å². The van der Waals surface area contributed by atoms with E-state index in [2.05, 4.69) is 338 Å². The highest BCUT2D eigenvalue weighted by Crippen LogP contribution is 2.59. The molecule has 0 unspecified atom stereocenters. The van der Waals surface area contributed by atoms with E-state index in [4.69, 9.17) is 0 Å². The molecule has 2 heteroatoms. The van der Waals surface area contributed by atoms with E-state index in [1.807, 2.05) is 0 Å². The minimum atomic E-state index is -0.629. The van der Waals surface area contributed by atoms with Gasteiger partial charge in [-0.25, -0.2) is 0 Å². The van der Waals surface area contributed by atoms with Gasteiger partial charge in [-0.2, -0.15) is 0 Å². The molecule has 0 radical (unpaired) electrons. The van der Waals surface area contributed by atoms with Crippen molar-refractivity contribution in [3.8, 4) is 44.5 Å². The van der Waals surface area contributed by atoms with Gasteiger partial charge in [-0.1, -0.05) is 309 Å². The maximum Gasteiger partial charge on any atom is 0.0742 e. The van der Waals surface area contributed by atoms with Crippen LogP contribution in [0.2, 0.25) is 0 Å². The van der Waals surface area contributed by atoms with Gasteiger partial charge in [0.05, 0.1) is 22.2 Å². The summed E-state index contributed by atoms with van der Waals surface area (Å²) in [5, 5.41) is 17.9. The van der Waals surface area contributed by atoms with Gasteiger partial charge in [0.2, 0.25) is 0 Å². The van der Waals surface area contributed by atoms with Crippen molar-refractivity contribution in [2.75, 3.05) is 10.6 Å². The van der Waals surface area contributed by atoms with Crippen LogP contribution < -0.4 is 10.6 Å². The van der Waals surface area contributed by atoms with Crippen LogP contribution in [0.5, 0.6) is 0 Å². The molecule has 0 bridgehead atoms. The molecular formula is C84H56N2. The minimum absolute atomic E-state index is 0.629. The van der Waals surface area contributed by atoms with Crippen LogP contribution in [-0.2, 0) is 10.8 Å². The fourth-order valence-electron chi connectivity index (χ4n) is 15.4. The molecule has 2 aliphatic rings. The molecule has 402 valence electrons. The summed E-state index contributed by atoms with van der Waals surface area (Å²) in [4.78, 5) is 0. The van der Waals surface area contributed by atoms with Gasteiger partial charge < -0.3 is 10.6 Å². The average molecular weight is 1090 g/mol. The van der Waals surface area contributed by atoms with Crippen molar-refractivity contribution in [3.05, 3.63) is 372 Å². The minimum Gasteiger partial charge on any atom is -0.354 e. The number of hydrogen-bond donors (Lipinski definition) is 2. The van der Waals surface area contributed by atoms with Crippen molar-refractivity contribution in [1.82, 2.24) is 0 Å². The smallest absolute Gasteiger partial charge is 0.0742 e. The van der Waals surface area contributed by atoms with E-state index < -0.39 is 10.8 Å². The van der Waals surface area contributed by atoms with Gasteiger partial charge in [0.1, 0.15) is 0 Å². The van der Waals surface area contributed by atoms with Crippen LogP contribution in [0.4, 0.5) is 22.7 Å². The predicted octanol–water partition coefficient (Wildman–Crippen LogP) is 21.8. The predicted molar refractivity (Wildman–Crippen MR) is 361 cm³/mol. The first-order chi connectivity index (χ1) is 42.7. The molecule has 2 N–H and O–H groups in total. The molecule has 0 spiro atoms. The molecule has 17 rings (SSSR count). The third kappa shape index (κ3) is 7.20. The van der Waals surface area contributed by atoms with Gasteiger partial charge in [-0.3, -0.25) is 0 Å². The zero-order chi connectivity index (χ0) is 56.8. The molecule has 0 saturated heterocycles. The fraction of sp³-hybridized carbons (Fsp3) is 0.0238. The number of para-hydroxylation sites is 4. The number of nitrogens with one attached hydrogen (secondary N) is 2. The quantitative estimate of drug-likeness (QED) is 0.148. The Morgan fingerprint density at radius 3 is 0.872 bits per heavy atom. The molecule has 15 aromatic carbocycles. The Morgan fingerprint density at radius 1 is 0.198 bits per heavy atom. The molecule has 0 aromatic heterocycles. The van der Waals surface area contributed by atoms with Crippen molar-refractivity contribution >= 4 is 65.8 Å². The summed E-state index contributed by atoms with van der Waals surface area (Å²) in [5.74, 6) is 0. The van der Waals surface area contributed by atoms with Crippen molar-refractivity contribution in [2.24, 2.45) is 0 Å². The summed E-state index contributed by atoms with van der Waals surface area (Å²) in [5.41, 5.74) is 22.4. The van der Waals surface area contributed by atoms with Crippen LogP contribution >= 0.6 is 0 Å². The second kappa shape index (κ2) is 19.8. The monoisotopic (exact) mass is 1090 g/mol. The molecule has 0 amide bonds. The van der Waals surface area contributed by atoms with E-state index in [0.717, 1.165) is 45.0 Å². The summed E-state index contributed by atoms with van der Waals surface area (Å²) >= 11 is 0. The van der Waals surface area contributed by atoms with E-state index in [0.29, 0.717) is 0 Å². The van der Waals surface area contributed by atoms with Gasteiger partial charge in [0.25, 0.3) is 0 Å². The topological polar surface area (TPSA) is 24.1 Å². The number of hydrogen-bond acceptors (Lipinski definition) is 2. The third-order valence-corrected chi connectivity index (χ3v) is 18.8. The third-order valence-electron chi connectivity index (χ3n) is 18.8. The molecule has 2 heterocycles. The van der Waals surface area contributed by atoms with Gasteiger partial charge in [0.15, 0.2) is 0 Å². The summed E-state index contributed by atoms with van der Waals surface area (Å²) in [6, 6.07) is 122. The van der Waals surface area contributed by atoms with Gasteiger partial charge in [0, 0.05) is 22.5 Å². The largest absolute Gasteiger partial charge is 0.354 e. The zero-order valence-electron chi connectivity index (χ0n) is 47.2. The van der Waals surface area contributed by atoms with Crippen LogP contribution in [0.3, 0.4) is 0 Å². The summed E-state index contributed by atoms with van der Waals surface area (Å²) in [6.45, 7) is 0. The number of benzene rings is 15. The highest BCUT2D eigenvalue weighted by Gasteiger charge is 2.46. The van der Waals surface area contributed by atoms with E-state index in [1.54, 1.807) is 0 Å². The Bertz CT molecular complexity index is 4770. The zero-order valence-corrected chi connectivity index (χ0v) is 47.2. The highest BCUT2D eigenvalue weighted by molar-refractivity contribution is 6.29. The van der Waals surface area contributed by atoms with E-state index in [1.165, 1.54) is 110 Å². The number of rotatable bonds is 8. The van der Waals surface area contributed by atoms with Crippen LogP contribution in [0.1, 0.15) is 44.5 Å². The molecule has 0 fully saturated rings. The molecule has 15 aromatic rings. The normalized spacial score (nSPS) is 13.5. The molecule has 0 aliphatic carbocycles. The molecular weight excluding hydrogens is 1040 g/mol. The van der Waals surface area contributed by atoms with Crippen LogP contribution in [0.25, 0.3) is 87.6 Å². The summed E-state index contributed by atoms with van der Waals surface area (Å²) in [7, 11) is 0. The lowest BCUT2D eigenvalue weighted by Gasteiger charge is -2.43. The lowest BCUT2D eigenvalue weighted by Crippen LogP contribution is -2.35. The van der Waals surface area contributed by atoms with Crippen molar-refractivity contribution < 1.29 is 0 Å². The SMILES string of the molecule is c1ccc(-c2c3ccccc3c(-c3c4cccc(-c5cccc6c5Nc5ccccc5C6(c5ccccc5)c5ccccc5)c4cc4c(-c5cccc6c5Nc5ccccc5C6(c5ccccc5)c5ccccc5)cccc34)c3ccccc23)cc1. The number of anilines is 4. The van der Waals surface area contributed by atoms with Gasteiger partial charge in [-0.15, -0.1) is 0 Å². The maximum absolute atomic E-state index is 4.13. The van der Waals surface area contributed by atoms with Crippen molar-refractivity contribution in [2.45, 2.75) is 10.8 Å². The Balaban J connectivity index is 1.01. The Hall–Kier alpha value is -11.1. The Morgan fingerprint density at radius 2 is 0.477 bits per heavy atom. The Labute approximate surface area is 501 Å². The first-order valence-electron chi connectivity index (χ1n) is 29.9. The average Bonchev–Trinajstić information content (AvgIpc) is 0.873. The van der Waals surface area contributed by atoms with Crippen LogP contribution in [0.15, 0.2) is 328 Å².